The first kappa shape index (κ1) is 20.9. The number of ether oxygens (including phenoxy) is 2. The third kappa shape index (κ3) is 4.61. The Kier molecular flexibility index (Phi) is 6.38. The molecule has 2 aromatic carbocycles. The van der Waals surface area contributed by atoms with E-state index in [2.05, 4.69) is 10.3 Å². The van der Waals surface area contributed by atoms with Gasteiger partial charge in [0.05, 0.1) is 31.3 Å². The molecule has 154 valence electrons. The van der Waals surface area contributed by atoms with Gasteiger partial charge in [-0.25, -0.2) is 4.98 Å². The van der Waals surface area contributed by atoms with Crippen LogP contribution in [0, 0.1) is 10.1 Å². The van der Waals surface area contributed by atoms with E-state index in [1.165, 1.54) is 26.4 Å². The van der Waals surface area contributed by atoms with Crippen molar-refractivity contribution in [1.82, 2.24) is 4.98 Å². The zero-order valence-electron chi connectivity index (χ0n) is 16.1. The van der Waals surface area contributed by atoms with Gasteiger partial charge in [0.15, 0.2) is 10.9 Å². The molecule has 30 heavy (non-hydrogen) atoms. The number of anilines is 1. The molecular weight excluding hydrogens is 410 g/mol. The summed E-state index contributed by atoms with van der Waals surface area (Å²) < 4.78 is 9.69. The Bertz CT molecular complexity index is 1100. The van der Waals surface area contributed by atoms with Crippen LogP contribution in [0.15, 0.2) is 48.5 Å². The average Bonchev–Trinajstić information content (AvgIpc) is 3.15. The summed E-state index contributed by atoms with van der Waals surface area (Å²) in [5.41, 5.74) is 1.10. The number of aromatic nitrogens is 1. The second-order valence-electron chi connectivity index (χ2n) is 6.01. The van der Waals surface area contributed by atoms with Gasteiger partial charge < -0.3 is 9.47 Å². The largest absolute Gasteiger partial charge is 0.490 e. The van der Waals surface area contributed by atoms with Crippen LogP contribution in [0.3, 0.4) is 0 Å². The Morgan fingerprint density at radius 1 is 1.17 bits per heavy atom. The lowest BCUT2D eigenvalue weighted by Gasteiger charge is -2.05. The Balaban J connectivity index is 1.91. The number of nitrogens with one attached hydrogen (secondary N) is 1. The third-order valence-electron chi connectivity index (χ3n) is 4.14. The van der Waals surface area contributed by atoms with Crippen LogP contribution < -0.4 is 10.1 Å². The summed E-state index contributed by atoms with van der Waals surface area (Å²) in [6, 6.07) is 13.1. The van der Waals surface area contributed by atoms with Crippen molar-refractivity contribution in [2.45, 2.75) is 6.42 Å². The fourth-order valence-corrected chi connectivity index (χ4v) is 3.66. The maximum Gasteiger partial charge on any atom is 0.311 e. The molecule has 10 heteroatoms. The number of carbonyl (C=O) groups is 2. The van der Waals surface area contributed by atoms with Crippen molar-refractivity contribution in [3.63, 3.8) is 0 Å². The van der Waals surface area contributed by atoms with Gasteiger partial charge in [-0.1, -0.05) is 30.3 Å². The van der Waals surface area contributed by atoms with Crippen LogP contribution >= 0.6 is 11.3 Å². The van der Waals surface area contributed by atoms with E-state index < -0.39 is 16.8 Å². The first-order valence-electron chi connectivity index (χ1n) is 8.68. The van der Waals surface area contributed by atoms with E-state index in [4.69, 9.17) is 9.47 Å². The number of hydrogen-bond donors (Lipinski definition) is 1. The summed E-state index contributed by atoms with van der Waals surface area (Å²) in [5.74, 6) is -0.948. The molecule has 0 atom stereocenters. The fraction of sp³-hybridized carbons (Fsp3) is 0.150. The topological polar surface area (TPSA) is 121 Å². The zero-order valence-corrected chi connectivity index (χ0v) is 16.9. The molecule has 0 aliphatic heterocycles. The van der Waals surface area contributed by atoms with Crippen molar-refractivity contribution in [2.24, 2.45) is 0 Å². The molecule has 0 aliphatic carbocycles. The van der Waals surface area contributed by atoms with Crippen LogP contribution in [-0.4, -0.2) is 36.0 Å². The lowest BCUT2D eigenvalue weighted by atomic mass is 10.1. The molecule has 0 saturated carbocycles. The van der Waals surface area contributed by atoms with Crippen LogP contribution in [0.4, 0.5) is 10.8 Å². The van der Waals surface area contributed by atoms with Gasteiger partial charge in [-0.3, -0.25) is 25.0 Å². The van der Waals surface area contributed by atoms with Gasteiger partial charge in [0, 0.05) is 22.1 Å². The monoisotopic (exact) mass is 427 g/mol. The molecule has 0 aliphatic rings. The van der Waals surface area contributed by atoms with Gasteiger partial charge in [-0.2, -0.15) is 0 Å². The van der Waals surface area contributed by atoms with E-state index in [-0.39, 0.29) is 28.6 Å². The van der Waals surface area contributed by atoms with Crippen LogP contribution in [0.5, 0.6) is 5.75 Å². The number of esters is 1. The first-order valence-corrected chi connectivity index (χ1v) is 9.50. The molecule has 3 aromatic rings. The lowest BCUT2D eigenvalue weighted by Crippen LogP contribution is -2.12. The van der Waals surface area contributed by atoms with E-state index in [0.29, 0.717) is 10.6 Å². The van der Waals surface area contributed by atoms with Gasteiger partial charge in [-0.15, -0.1) is 11.3 Å². The van der Waals surface area contributed by atoms with Crippen molar-refractivity contribution >= 4 is 34.0 Å². The SMILES string of the molecule is COC(=O)Cc1sc(NC(=O)c2ccc(OC)c([N+](=O)[O-])c2)nc1-c1ccccc1. The molecular formula is C20H17N3O6S. The first-order chi connectivity index (χ1) is 14.4. The normalized spacial score (nSPS) is 10.3. The van der Waals surface area contributed by atoms with E-state index in [9.17, 15) is 19.7 Å². The molecule has 1 N–H and O–H groups in total. The van der Waals surface area contributed by atoms with Crippen molar-refractivity contribution < 1.29 is 24.0 Å². The number of hydrogen-bond acceptors (Lipinski definition) is 8. The number of carbonyl (C=O) groups excluding carboxylic acids is 2. The molecule has 1 aromatic heterocycles. The smallest absolute Gasteiger partial charge is 0.311 e. The number of amides is 1. The van der Waals surface area contributed by atoms with Crippen LogP contribution in [0.25, 0.3) is 11.3 Å². The van der Waals surface area contributed by atoms with E-state index in [1.807, 2.05) is 30.3 Å². The fourth-order valence-electron chi connectivity index (χ4n) is 2.69. The predicted octanol–water partition coefficient (Wildman–Crippen LogP) is 3.69. The van der Waals surface area contributed by atoms with E-state index in [1.54, 1.807) is 0 Å². The van der Waals surface area contributed by atoms with E-state index in [0.717, 1.165) is 23.0 Å². The predicted molar refractivity (Wildman–Crippen MR) is 111 cm³/mol. The number of benzene rings is 2. The number of nitro benzene ring substituents is 1. The molecule has 0 radical (unpaired) electrons. The quantitative estimate of drug-likeness (QED) is 0.347. The summed E-state index contributed by atoms with van der Waals surface area (Å²) in [4.78, 5) is 40.0. The molecule has 0 spiro atoms. The summed E-state index contributed by atoms with van der Waals surface area (Å²) in [7, 11) is 2.61. The van der Waals surface area contributed by atoms with Gasteiger partial charge in [0.25, 0.3) is 5.91 Å². The third-order valence-corrected chi connectivity index (χ3v) is 5.11. The van der Waals surface area contributed by atoms with Crippen molar-refractivity contribution in [3.05, 3.63) is 69.1 Å². The average molecular weight is 427 g/mol. The summed E-state index contributed by atoms with van der Waals surface area (Å²) in [5, 5.41) is 14.1. The minimum Gasteiger partial charge on any atom is -0.490 e. The second kappa shape index (κ2) is 9.14. The standard InChI is InChI=1S/C20H17N3O6S/c1-28-15-9-8-13(10-14(15)23(26)27)19(25)22-20-21-18(12-6-4-3-5-7-12)16(30-20)11-17(24)29-2/h3-10H,11H2,1-2H3,(H,21,22,25). The molecule has 1 amide bonds. The molecule has 0 unspecified atom stereocenters. The molecule has 3 rings (SSSR count). The number of nitro groups is 1. The van der Waals surface area contributed by atoms with Crippen LogP contribution in [-0.2, 0) is 16.0 Å². The highest BCUT2D eigenvalue weighted by Crippen LogP contribution is 2.33. The van der Waals surface area contributed by atoms with Crippen LogP contribution in [0.2, 0.25) is 0 Å². The molecule has 9 nitrogen and oxygen atoms in total. The van der Waals surface area contributed by atoms with Gasteiger partial charge in [0.2, 0.25) is 0 Å². The highest BCUT2D eigenvalue weighted by molar-refractivity contribution is 7.16. The highest BCUT2D eigenvalue weighted by atomic mass is 32.1. The minimum atomic E-state index is -0.624. The summed E-state index contributed by atoms with van der Waals surface area (Å²) in [6.45, 7) is 0. The maximum absolute atomic E-state index is 12.6. The number of rotatable bonds is 7. The summed E-state index contributed by atoms with van der Waals surface area (Å²) in [6.07, 6.45) is 0.00225. The number of thiazole rings is 1. The molecule has 0 fully saturated rings. The van der Waals surface area contributed by atoms with Crippen molar-refractivity contribution in [3.8, 4) is 17.0 Å². The van der Waals surface area contributed by atoms with Crippen LogP contribution in [0.1, 0.15) is 15.2 Å². The Morgan fingerprint density at radius 3 is 2.53 bits per heavy atom. The van der Waals surface area contributed by atoms with Gasteiger partial charge in [0.1, 0.15) is 0 Å². The highest BCUT2D eigenvalue weighted by Gasteiger charge is 2.21. The van der Waals surface area contributed by atoms with Gasteiger partial charge in [-0.05, 0) is 12.1 Å². The second-order valence-corrected chi connectivity index (χ2v) is 7.09. The number of nitrogens with zero attached hydrogens (tertiary/aromatic N) is 2. The lowest BCUT2D eigenvalue weighted by molar-refractivity contribution is -0.385. The molecule has 1 heterocycles. The van der Waals surface area contributed by atoms with Crippen molar-refractivity contribution in [1.29, 1.82) is 0 Å². The molecule has 0 bridgehead atoms. The Hall–Kier alpha value is -3.79. The minimum absolute atomic E-state index is 0.00225. The zero-order chi connectivity index (χ0) is 21.7. The summed E-state index contributed by atoms with van der Waals surface area (Å²) >= 11 is 1.14. The molecule has 0 saturated heterocycles. The maximum atomic E-state index is 12.6. The number of methoxy groups -OCH3 is 2. The Labute approximate surface area is 175 Å². The van der Waals surface area contributed by atoms with E-state index >= 15 is 0 Å². The van der Waals surface area contributed by atoms with Gasteiger partial charge >= 0.3 is 11.7 Å². The Morgan fingerprint density at radius 2 is 1.90 bits per heavy atom. The van der Waals surface area contributed by atoms with Crippen molar-refractivity contribution in [2.75, 3.05) is 19.5 Å².